The van der Waals surface area contributed by atoms with E-state index in [9.17, 15) is 0 Å². The van der Waals surface area contributed by atoms with E-state index in [0.29, 0.717) is 11.5 Å². The zero-order valence-corrected chi connectivity index (χ0v) is 32.6. The molecule has 0 amide bonds. The molecule has 0 spiro atoms. The van der Waals surface area contributed by atoms with Gasteiger partial charge in [-0.1, -0.05) is 150 Å². The standard InChI is InChI=1S/C52H50O3/c1-5-19-37-39-27-15-17-29-41(39)43(21-7-3)49-45(37)31-33-47(53-35-23-11-9-12-24-35)51(49)55-52-48(54-36-25-13-10-14-26-36)34-32-46-38(20-6-2)40-28-16-18-30-42(40)44(22-8-4)50(46)52/h9-18,23-34H,5-8,19-22H2,1-4H3. The molecule has 8 aromatic carbocycles. The van der Waals surface area contributed by atoms with Gasteiger partial charge in [0.05, 0.1) is 0 Å². The largest absolute Gasteiger partial charge is 0.453 e. The second-order valence-corrected chi connectivity index (χ2v) is 14.6. The molecule has 0 atom stereocenters. The van der Waals surface area contributed by atoms with Gasteiger partial charge in [-0.05, 0) is 117 Å². The molecule has 0 saturated heterocycles. The zero-order valence-electron chi connectivity index (χ0n) is 32.6. The highest BCUT2D eigenvalue weighted by Gasteiger charge is 2.26. The highest BCUT2D eigenvalue weighted by atomic mass is 16.5. The van der Waals surface area contributed by atoms with Gasteiger partial charge >= 0.3 is 0 Å². The Kier molecular flexibility index (Phi) is 10.7. The predicted octanol–water partition coefficient (Wildman–Crippen LogP) is 15.5. The van der Waals surface area contributed by atoms with Crippen molar-refractivity contribution < 1.29 is 14.2 Å². The molecule has 0 aliphatic rings. The summed E-state index contributed by atoms with van der Waals surface area (Å²) in [6.45, 7) is 9.06. The fourth-order valence-electron chi connectivity index (χ4n) is 8.56. The topological polar surface area (TPSA) is 27.7 Å². The molecule has 276 valence electrons. The van der Waals surface area contributed by atoms with Crippen LogP contribution in [0.25, 0.3) is 43.1 Å². The summed E-state index contributed by atoms with van der Waals surface area (Å²) in [7, 11) is 0. The van der Waals surface area contributed by atoms with Gasteiger partial charge in [-0.3, -0.25) is 0 Å². The molecule has 0 saturated carbocycles. The number of para-hydroxylation sites is 2. The van der Waals surface area contributed by atoms with Crippen LogP contribution in [0, 0.1) is 0 Å². The molecule has 3 heteroatoms. The number of benzene rings is 8. The molecule has 55 heavy (non-hydrogen) atoms. The maximum absolute atomic E-state index is 7.70. The van der Waals surface area contributed by atoms with Crippen LogP contribution in [0.5, 0.6) is 34.5 Å². The van der Waals surface area contributed by atoms with E-state index in [1.165, 1.54) is 54.6 Å². The van der Waals surface area contributed by atoms with E-state index in [-0.39, 0.29) is 0 Å². The Labute approximate surface area is 325 Å². The Balaban J connectivity index is 1.52. The van der Waals surface area contributed by atoms with Crippen LogP contribution in [0.1, 0.15) is 75.6 Å². The summed E-state index contributed by atoms with van der Waals surface area (Å²) in [5.74, 6) is 4.35. The van der Waals surface area contributed by atoms with Crippen LogP contribution in [0.3, 0.4) is 0 Å². The van der Waals surface area contributed by atoms with Crippen LogP contribution in [0.4, 0.5) is 0 Å². The fourth-order valence-corrected chi connectivity index (χ4v) is 8.56. The third-order valence-electron chi connectivity index (χ3n) is 10.8. The summed E-state index contributed by atoms with van der Waals surface area (Å²) in [6.07, 6.45) is 7.82. The molecule has 0 N–H and O–H groups in total. The van der Waals surface area contributed by atoms with Gasteiger partial charge in [0.25, 0.3) is 0 Å². The minimum absolute atomic E-state index is 0.683. The lowest BCUT2D eigenvalue weighted by Gasteiger charge is -2.24. The van der Waals surface area contributed by atoms with E-state index in [1.807, 2.05) is 60.7 Å². The van der Waals surface area contributed by atoms with Crippen molar-refractivity contribution in [1.29, 1.82) is 0 Å². The van der Waals surface area contributed by atoms with Gasteiger partial charge in [0.2, 0.25) is 0 Å². The van der Waals surface area contributed by atoms with Crippen LogP contribution >= 0.6 is 0 Å². The second kappa shape index (κ2) is 16.3. The van der Waals surface area contributed by atoms with Gasteiger partial charge in [0, 0.05) is 10.8 Å². The monoisotopic (exact) mass is 722 g/mol. The Hall–Kier alpha value is -5.80. The first-order chi connectivity index (χ1) is 27.1. The summed E-state index contributed by atoms with van der Waals surface area (Å²) >= 11 is 0. The minimum atomic E-state index is 0.683. The molecule has 0 aliphatic heterocycles. The molecule has 0 unspecified atom stereocenters. The molecule has 8 rings (SSSR count). The first-order valence-corrected chi connectivity index (χ1v) is 20.3. The van der Waals surface area contributed by atoms with Gasteiger partial charge in [-0.15, -0.1) is 0 Å². The van der Waals surface area contributed by atoms with Gasteiger partial charge < -0.3 is 14.2 Å². The average Bonchev–Trinajstić information content (AvgIpc) is 3.22. The third kappa shape index (κ3) is 6.89. The molecule has 0 bridgehead atoms. The van der Waals surface area contributed by atoms with Crippen molar-refractivity contribution in [2.75, 3.05) is 0 Å². The Morgan fingerprint density at radius 1 is 0.309 bits per heavy atom. The number of aryl methyl sites for hydroxylation is 4. The summed E-state index contributed by atoms with van der Waals surface area (Å²) < 4.78 is 21.4. The molecule has 0 aliphatic carbocycles. The fraction of sp³-hybridized carbons (Fsp3) is 0.231. The molecule has 0 fully saturated rings. The first kappa shape index (κ1) is 36.2. The first-order valence-electron chi connectivity index (χ1n) is 20.3. The predicted molar refractivity (Wildman–Crippen MR) is 232 cm³/mol. The van der Waals surface area contributed by atoms with Gasteiger partial charge in [-0.25, -0.2) is 0 Å². The maximum atomic E-state index is 7.70. The quantitative estimate of drug-likeness (QED) is 0.105. The van der Waals surface area contributed by atoms with Crippen molar-refractivity contribution in [2.24, 2.45) is 0 Å². The number of fused-ring (bicyclic) bond motifs is 4. The molecular weight excluding hydrogens is 673 g/mol. The van der Waals surface area contributed by atoms with Crippen molar-refractivity contribution in [1.82, 2.24) is 0 Å². The van der Waals surface area contributed by atoms with Crippen LogP contribution < -0.4 is 14.2 Å². The highest BCUT2D eigenvalue weighted by Crippen LogP contribution is 2.52. The number of ether oxygens (including phenoxy) is 3. The van der Waals surface area contributed by atoms with Crippen molar-refractivity contribution in [3.8, 4) is 34.5 Å². The maximum Gasteiger partial charge on any atom is 0.178 e. The van der Waals surface area contributed by atoms with Crippen LogP contribution in [0.2, 0.25) is 0 Å². The van der Waals surface area contributed by atoms with Gasteiger partial charge in [-0.2, -0.15) is 0 Å². The van der Waals surface area contributed by atoms with Crippen LogP contribution in [-0.2, 0) is 25.7 Å². The summed E-state index contributed by atoms with van der Waals surface area (Å²) in [4.78, 5) is 0. The summed E-state index contributed by atoms with van der Waals surface area (Å²) in [6, 6.07) is 46.7. The minimum Gasteiger partial charge on any atom is -0.453 e. The normalized spacial score (nSPS) is 11.5. The van der Waals surface area contributed by atoms with E-state index >= 15 is 0 Å². The van der Waals surface area contributed by atoms with Crippen molar-refractivity contribution in [3.05, 3.63) is 156 Å². The lowest BCUT2D eigenvalue weighted by Crippen LogP contribution is -2.03. The number of rotatable bonds is 14. The Morgan fingerprint density at radius 3 is 1.00 bits per heavy atom. The van der Waals surface area contributed by atoms with Crippen LogP contribution in [-0.4, -0.2) is 0 Å². The summed E-state index contributed by atoms with van der Waals surface area (Å²) in [5, 5.41) is 9.88. The van der Waals surface area contributed by atoms with Gasteiger partial charge in [0.1, 0.15) is 11.5 Å². The lowest BCUT2D eigenvalue weighted by atomic mass is 9.87. The van der Waals surface area contributed by atoms with Gasteiger partial charge in [0.15, 0.2) is 23.0 Å². The second-order valence-electron chi connectivity index (χ2n) is 14.6. The zero-order chi connectivity index (χ0) is 37.7. The van der Waals surface area contributed by atoms with Crippen LogP contribution in [0.15, 0.2) is 133 Å². The molecule has 0 aromatic heterocycles. The Bertz CT molecular complexity index is 2420. The van der Waals surface area contributed by atoms with E-state index in [4.69, 9.17) is 14.2 Å². The third-order valence-corrected chi connectivity index (χ3v) is 10.8. The van der Waals surface area contributed by atoms with E-state index in [1.54, 1.807) is 0 Å². The highest BCUT2D eigenvalue weighted by molar-refractivity contribution is 6.11. The van der Waals surface area contributed by atoms with E-state index < -0.39 is 0 Å². The lowest BCUT2D eigenvalue weighted by molar-refractivity contribution is 0.400. The van der Waals surface area contributed by atoms with Crippen molar-refractivity contribution in [2.45, 2.75) is 79.1 Å². The van der Waals surface area contributed by atoms with E-state index in [0.717, 1.165) is 85.1 Å². The Morgan fingerprint density at radius 2 is 0.636 bits per heavy atom. The SMILES string of the molecule is CCCc1c2ccccc2c(CCC)c2c(Oc3c(Oc4ccccc4)ccc4c(CCC)c5ccccc5c(CCC)c34)c(Oc3ccccc3)ccc12. The number of hydrogen-bond acceptors (Lipinski definition) is 3. The molecule has 8 aromatic rings. The molecule has 0 radical (unpaired) electrons. The summed E-state index contributed by atoms with van der Waals surface area (Å²) in [5.41, 5.74) is 5.28. The van der Waals surface area contributed by atoms with E-state index in [2.05, 4.69) is 100 Å². The number of hydrogen-bond donors (Lipinski definition) is 0. The smallest absolute Gasteiger partial charge is 0.178 e. The molecule has 3 nitrogen and oxygen atoms in total. The molecular formula is C52H50O3. The average molecular weight is 723 g/mol. The van der Waals surface area contributed by atoms with Crippen molar-refractivity contribution in [3.63, 3.8) is 0 Å². The molecule has 0 heterocycles. The van der Waals surface area contributed by atoms with Crippen molar-refractivity contribution >= 4 is 43.1 Å².